The summed E-state index contributed by atoms with van der Waals surface area (Å²) in [5.41, 5.74) is 2.57. The quantitative estimate of drug-likeness (QED) is 0.0867. The number of ether oxygens (including phenoxy) is 1. The van der Waals surface area contributed by atoms with E-state index in [9.17, 15) is 31.2 Å². The van der Waals surface area contributed by atoms with E-state index in [1.165, 1.54) is 38.0 Å². The number of sulfonamides is 2. The molecular weight excluding hydrogens is 940 g/mol. The van der Waals surface area contributed by atoms with Crippen molar-refractivity contribution in [3.63, 3.8) is 0 Å². The van der Waals surface area contributed by atoms with Crippen LogP contribution in [0.4, 0.5) is 11.4 Å². The van der Waals surface area contributed by atoms with Crippen molar-refractivity contribution in [2.45, 2.75) is 47.3 Å². The van der Waals surface area contributed by atoms with Gasteiger partial charge in [0, 0.05) is 16.4 Å². The summed E-state index contributed by atoms with van der Waals surface area (Å²) in [7, 11) is -6.60. The first kappa shape index (κ1) is 42.8. The first-order chi connectivity index (χ1) is 29.4. The molecule has 0 radical (unpaired) electrons. The highest BCUT2D eigenvalue weighted by atomic mass is 127. The third kappa shape index (κ3) is 9.68. The van der Waals surface area contributed by atoms with Gasteiger partial charge in [-0.25, -0.2) is 14.8 Å². The van der Waals surface area contributed by atoms with Crippen molar-refractivity contribution in [1.29, 1.82) is 0 Å². The number of ketones is 2. The van der Waals surface area contributed by atoms with Gasteiger partial charge in [-0.3, -0.25) is 9.59 Å². The van der Waals surface area contributed by atoms with E-state index in [4.69, 9.17) is 13.6 Å². The molecule has 312 valence electrons. The smallest absolute Gasteiger partial charge is 0.338 e. The van der Waals surface area contributed by atoms with Crippen LogP contribution in [-0.2, 0) is 34.4 Å². The summed E-state index contributed by atoms with van der Waals surface area (Å²) in [5.74, 6) is -1.74. The Balaban J connectivity index is 0.000000185. The number of nitrogens with zero attached hydrogens (tertiary/aromatic N) is 4. The Bertz CT molecular complexity index is 2880. The van der Waals surface area contributed by atoms with Crippen molar-refractivity contribution in [1.82, 2.24) is 9.97 Å². The molecule has 0 saturated heterocycles. The van der Waals surface area contributed by atoms with E-state index in [1.54, 1.807) is 66.9 Å². The van der Waals surface area contributed by atoms with E-state index in [1.807, 2.05) is 24.3 Å². The molecule has 0 saturated carbocycles. The molecule has 0 bridgehead atoms. The number of nitrogens with one attached hydrogen (secondary N) is 2. The van der Waals surface area contributed by atoms with Crippen molar-refractivity contribution in [3.8, 4) is 0 Å². The number of esters is 1. The molecule has 2 aliphatic heterocycles. The van der Waals surface area contributed by atoms with Crippen LogP contribution in [0, 0.1) is 3.57 Å². The van der Waals surface area contributed by atoms with Gasteiger partial charge in [0.05, 0.1) is 48.3 Å². The average Bonchev–Trinajstić information content (AvgIpc) is 4.00. The number of carbonyl (C=O) groups is 3. The Kier molecular flexibility index (Phi) is 13.0. The van der Waals surface area contributed by atoms with Gasteiger partial charge in [0.15, 0.2) is 23.2 Å². The van der Waals surface area contributed by atoms with Gasteiger partial charge in [0.25, 0.3) is 20.0 Å². The van der Waals surface area contributed by atoms with E-state index in [2.05, 4.69) is 52.0 Å². The molecule has 4 aromatic carbocycles. The summed E-state index contributed by atoms with van der Waals surface area (Å²) in [4.78, 5) is 46.4. The van der Waals surface area contributed by atoms with Crippen LogP contribution in [0.25, 0.3) is 0 Å². The number of hydrogen-bond acceptors (Lipinski definition) is 14. The summed E-state index contributed by atoms with van der Waals surface area (Å²) >= 11 is 2.24. The molecule has 8 rings (SSSR count). The zero-order valence-electron chi connectivity index (χ0n) is 32.1. The van der Waals surface area contributed by atoms with E-state index >= 15 is 0 Å². The topological polar surface area (TPSA) is 230 Å². The van der Waals surface area contributed by atoms with Crippen LogP contribution in [0.5, 0.6) is 0 Å². The number of rotatable bonds is 13. The maximum atomic E-state index is 12.9. The summed E-state index contributed by atoms with van der Waals surface area (Å²) in [6.07, 6.45) is 6.57. The minimum Gasteiger partial charge on any atom is -0.465 e. The van der Waals surface area contributed by atoms with Crippen LogP contribution >= 0.6 is 22.6 Å². The van der Waals surface area contributed by atoms with Gasteiger partial charge in [0.1, 0.15) is 22.3 Å². The molecule has 0 amide bonds. The summed E-state index contributed by atoms with van der Waals surface area (Å²) < 4.78 is 73.8. The normalized spacial score (nSPS) is 15.4. The number of benzene rings is 4. The highest BCUT2D eigenvalue weighted by Crippen LogP contribution is 2.34. The van der Waals surface area contributed by atoms with Gasteiger partial charge in [-0.15, -0.1) is 8.80 Å². The van der Waals surface area contributed by atoms with Crippen LogP contribution in [-0.4, -0.2) is 63.1 Å². The number of halogens is 1. The van der Waals surface area contributed by atoms with Crippen molar-refractivity contribution in [3.05, 3.63) is 154 Å². The average molecular weight is 975 g/mol. The standard InChI is InChI=1S/C22H19N3O6S.C20H16IN3O4S/c1-30-22(27)16-7-3-2-6-14(16)15(21-23-12-13-31-21)10-11-18(26)20-24-17-8-4-5-9-19(17)32(28,29)25-20;21-15-6-2-1-5-13(15)14(20-22-11-12-28-20)9-10-17(25)19-23-16-7-3-4-8-18(16)29(26,27)24-19/h2-9,12-13,15H,10-11H2,1H3,(H,24,25);1-8,11-12,14H,9-10H2,(H,23,24). The van der Waals surface area contributed by atoms with Gasteiger partial charge in [-0.1, -0.05) is 60.7 Å². The fourth-order valence-electron chi connectivity index (χ4n) is 6.75. The zero-order valence-corrected chi connectivity index (χ0v) is 35.9. The van der Waals surface area contributed by atoms with E-state index < -0.39 is 37.7 Å². The number of para-hydroxylation sites is 2. The molecule has 2 N–H and O–H groups in total. The lowest BCUT2D eigenvalue weighted by molar-refractivity contribution is -0.113. The van der Waals surface area contributed by atoms with Crippen molar-refractivity contribution in [2.75, 3.05) is 17.7 Å². The molecular formula is C42H35IN6O10S2. The molecule has 0 fully saturated rings. The van der Waals surface area contributed by atoms with E-state index in [0.29, 0.717) is 40.7 Å². The number of oxazole rings is 2. The molecule has 2 aliphatic rings. The molecule has 4 heterocycles. The first-order valence-electron chi connectivity index (χ1n) is 18.5. The lowest BCUT2D eigenvalue weighted by atomic mass is 9.89. The van der Waals surface area contributed by atoms with Gasteiger partial charge in [-0.2, -0.15) is 16.8 Å². The van der Waals surface area contributed by atoms with E-state index in [0.717, 1.165) is 9.13 Å². The molecule has 61 heavy (non-hydrogen) atoms. The Morgan fingerprint density at radius 1 is 0.639 bits per heavy atom. The largest absolute Gasteiger partial charge is 0.465 e. The minimum atomic E-state index is -3.98. The van der Waals surface area contributed by atoms with Gasteiger partial charge >= 0.3 is 5.97 Å². The second-order valence-electron chi connectivity index (χ2n) is 13.4. The molecule has 19 heteroatoms. The SMILES string of the molecule is COC(=O)c1ccccc1C(CCC(=O)C1=NS(=O)(=O)c2ccccc2N1)c1ncco1.O=C(CCC(c1ncco1)c1ccccc1I)C1=NS(=O)(=O)c2ccccc2N1. The predicted octanol–water partition coefficient (Wildman–Crippen LogP) is 7.13. The number of methoxy groups -OCH3 is 1. The minimum absolute atomic E-state index is 0.0150. The van der Waals surface area contributed by atoms with Crippen molar-refractivity contribution < 1.29 is 44.8 Å². The maximum Gasteiger partial charge on any atom is 0.338 e. The summed E-state index contributed by atoms with van der Waals surface area (Å²) in [6.45, 7) is 0. The molecule has 6 aromatic rings. The zero-order chi connectivity index (χ0) is 43.1. The molecule has 16 nitrogen and oxygen atoms in total. The fraction of sp³-hybridized carbons (Fsp3) is 0.167. The Labute approximate surface area is 363 Å². The van der Waals surface area contributed by atoms with Crippen LogP contribution in [0.3, 0.4) is 0 Å². The summed E-state index contributed by atoms with van der Waals surface area (Å²) in [5, 5.41) is 5.64. The number of anilines is 2. The lowest BCUT2D eigenvalue weighted by Crippen LogP contribution is -2.29. The number of amidine groups is 2. The van der Waals surface area contributed by atoms with Gasteiger partial charge < -0.3 is 24.2 Å². The number of fused-ring (bicyclic) bond motifs is 2. The Hall–Kier alpha value is -6.32. The third-order valence-electron chi connectivity index (χ3n) is 9.63. The van der Waals surface area contributed by atoms with Crippen LogP contribution in [0.1, 0.15) is 70.8 Å². The van der Waals surface area contributed by atoms with Crippen LogP contribution in [0.15, 0.2) is 149 Å². The number of aromatic nitrogens is 2. The second kappa shape index (κ2) is 18.5. The lowest BCUT2D eigenvalue weighted by Gasteiger charge is -2.19. The van der Waals surface area contributed by atoms with Gasteiger partial charge in [-0.05, 0) is 83.0 Å². The third-order valence-corrected chi connectivity index (χ3v) is 13.3. The monoisotopic (exact) mass is 974 g/mol. The number of carbonyl (C=O) groups excluding carboxylic acids is 3. The fourth-order valence-corrected chi connectivity index (χ4v) is 9.78. The van der Waals surface area contributed by atoms with Crippen LogP contribution < -0.4 is 10.6 Å². The predicted molar refractivity (Wildman–Crippen MR) is 231 cm³/mol. The van der Waals surface area contributed by atoms with Crippen LogP contribution in [0.2, 0.25) is 0 Å². The number of Topliss-reactive ketones (excluding diaryl/α,β-unsaturated/α-hetero) is 2. The molecule has 0 spiro atoms. The molecule has 2 atom stereocenters. The van der Waals surface area contributed by atoms with E-state index in [-0.39, 0.29) is 52.4 Å². The first-order valence-corrected chi connectivity index (χ1v) is 22.5. The summed E-state index contributed by atoms with van der Waals surface area (Å²) in [6, 6.07) is 27.2. The van der Waals surface area contributed by atoms with Crippen molar-refractivity contribution >= 4 is 83.2 Å². The Morgan fingerprint density at radius 3 is 1.56 bits per heavy atom. The molecule has 2 aromatic heterocycles. The molecule has 0 aliphatic carbocycles. The van der Waals surface area contributed by atoms with Gasteiger partial charge in [0.2, 0.25) is 11.8 Å². The maximum absolute atomic E-state index is 12.9. The highest BCUT2D eigenvalue weighted by molar-refractivity contribution is 14.1. The number of hydrogen-bond donors (Lipinski definition) is 2. The Morgan fingerprint density at radius 2 is 1.08 bits per heavy atom. The molecule has 2 unspecified atom stereocenters. The second-order valence-corrected chi connectivity index (χ2v) is 17.7. The highest BCUT2D eigenvalue weighted by Gasteiger charge is 2.31. The van der Waals surface area contributed by atoms with Crippen molar-refractivity contribution in [2.24, 2.45) is 8.80 Å².